The van der Waals surface area contributed by atoms with Crippen molar-refractivity contribution in [2.75, 3.05) is 16.3 Å². The van der Waals surface area contributed by atoms with Crippen LogP contribution in [-0.2, 0) is 6.54 Å². The van der Waals surface area contributed by atoms with Crippen LogP contribution in [0.1, 0.15) is 11.1 Å². The lowest BCUT2D eigenvalue weighted by Gasteiger charge is -2.25. The van der Waals surface area contributed by atoms with Crippen LogP contribution in [0.2, 0.25) is 0 Å². The Kier molecular flexibility index (Phi) is 4.28. The minimum Gasteiger partial charge on any atom is -0.322 e. The molecule has 0 aliphatic carbocycles. The molecule has 2 heterocycles. The first-order valence-electron chi connectivity index (χ1n) is 8.69. The summed E-state index contributed by atoms with van der Waals surface area (Å²) in [4.78, 5) is 8.76. The van der Waals surface area contributed by atoms with Crippen LogP contribution in [0.3, 0.4) is 0 Å². The van der Waals surface area contributed by atoms with Gasteiger partial charge in [0.1, 0.15) is 5.82 Å². The number of fused-ring (bicyclic) bond motifs is 1. The molecule has 0 unspecified atom stereocenters. The lowest BCUT2D eigenvalue weighted by Crippen LogP contribution is -2.28. The van der Waals surface area contributed by atoms with Crippen LogP contribution < -0.4 is 9.80 Å². The Morgan fingerprint density at radius 1 is 0.846 bits per heavy atom. The van der Waals surface area contributed by atoms with Crippen LogP contribution in [-0.4, -0.2) is 11.5 Å². The second-order valence-electron chi connectivity index (χ2n) is 6.41. The minimum absolute atomic E-state index is 0.700. The smallest absolute Gasteiger partial charge is 0.106 e. The summed E-state index contributed by atoms with van der Waals surface area (Å²) >= 11 is 0. The molecule has 0 fully saturated rings. The topological polar surface area (TPSA) is 19.4 Å². The first-order valence-corrected chi connectivity index (χ1v) is 8.69. The minimum atomic E-state index is 0.700. The van der Waals surface area contributed by atoms with E-state index in [1.54, 1.807) is 0 Å². The van der Waals surface area contributed by atoms with Crippen molar-refractivity contribution in [3.63, 3.8) is 0 Å². The highest BCUT2D eigenvalue weighted by Crippen LogP contribution is 2.41. The summed E-state index contributed by atoms with van der Waals surface area (Å²) in [5.74, 6) is 0.953. The normalized spacial score (nSPS) is 13.0. The van der Waals surface area contributed by atoms with Gasteiger partial charge in [-0.2, -0.15) is 0 Å². The Morgan fingerprint density at radius 3 is 2.27 bits per heavy atom. The molecule has 0 amide bonds. The molecule has 0 N–H and O–H groups in total. The number of anilines is 2. The van der Waals surface area contributed by atoms with E-state index in [-0.39, 0.29) is 0 Å². The van der Waals surface area contributed by atoms with E-state index in [1.165, 1.54) is 5.56 Å². The van der Waals surface area contributed by atoms with Gasteiger partial charge in [0.05, 0.1) is 17.6 Å². The number of pyridine rings is 1. The van der Waals surface area contributed by atoms with Gasteiger partial charge in [0.2, 0.25) is 0 Å². The molecule has 0 saturated carbocycles. The maximum atomic E-state index is 4.36. The third-order valence-electron chi connectivity index (χ3n) is 4.70. The molecule has 128 valence electrons. The van der Waals surface area contributed by atoms with Crippen molar-refractivity contribution in [1.29, 1.82) is 0 Å². The predicted octanol–water partition coefficient (Wildman–Crippen LogP) is 5.09. The van der Waals surface area contributed by atoms with Gasteiger partial charge in [0, 0.05) is 19.3 Å². The molecule has 1 aliphatic heterocycles. The molecular weight excluding hydrogens is 318 g/mol. The van der Waals surface area contributed by atoms with Crippen LogP contribution in [0.25, 0.3) is 5.57 Å². The second kappa shape index (κ2) is 6.89. The molecular formula is C23H21N3. The van der Waals surface area contributed by atoms with E-state index in [4.69, 9.17) is 0 Å². The monoisotopic (exact) mass is 339 g/mol. The predicted molar refractivity (Wildman–Crippen MR) is 109 cm³/mol. The van der Waals surface area contributed by atoms with Crippen LogP contribution >= 0.6 is 0 Å². The van der Waals surface area contributed by atoms with Gasteiger partial charge in [0.25, 0.3) is 0 Å². The van der Waals surface area contributed by atoms with Crippen LogP contribution in [0.5, 0.6) is 0 Å². The lowest BCUT2D eigenvalue weighted by atomic mass is 10.1. The number of benzene rings is 2. The summed E-state index contributed by atoms with van der Waals surface area (Å²) < 4.78 is 0. The fourth-order valence-corrected chi connectivity index (χ4v) is 3.31. The first-order chi connectivity index (χ1) is 12.7. The van der Waals surface area contributed by atoms with Gasteiger partial charge in [-0.3, -0.25) is 4.98 Å². The maximum Gasteiger partial charge on any atom is 0.106 e. The molecule has 0 atom stereocenters. The fraction of sp³-hybridized carbons (Fsp3) is 0.0870. The Bertz CT molecular complexity index is 932. The molecule has 26 heavy (non-hydrogen) atoms. The third kappa shape index (κ3) is 3.00. The molecule has 4 rings (SSSR count). The number of rotatable bonds is 5. The van der Waals surface area contributed by atoms with Crippen LogP contribution in [0.4, 0.5) is 11.4 Å². The van der Waals surface area contributed by atoms with E-state index in [2.05, 4.69) is 64.3 Å². The molecule has 0 spiro atoms. The summed E-state index contributed by atoms with van der Waals surface area (Å²) in [5, 5.41) is 0. The average Bonchev–Trinajstić information content (AvgIpc) is 2.95. The molecule has 0 saturated heterocycles. The molecule has 3 aromatic rings. The van der Waals surface area contributed by atoms with Crippen molar-refractivity contribution < 1.29 is 0 Å². The standard InChI is InChI=1S/C23H21N3/c1-18(21-11-7-4-8-12-21)16-25-19(2)26(17-20-9-5-3-6-10-20)23-15-24-14-13-22(23)25/h3-15H,1-2,16-17H2. The number of hydrogen-bond acceptors (Lipinski definition) is 3. The number of nitrogens with zero attached hydrogens (tertiary/aromatic N) is 3. The first kappa shape index (κ1) is 16.2. The van der Waals surface area contributed by atoms with Gasteiger partial charge in [-0.25, -0.2) is 0 Å². The van der Waals surface area contributed by atoms with E-state index in [0.717, 1.165) is 34.9 Å². The van der Waals surface area contributed by atoms with Crippen molar-refractivity contribution in [2.24, 2.45) is 0 Å². The van der Waals surface area contributed by atoms with Crippen molar-refractivity contribution in [3.8, 4) is 0 Å². The van der Waals surface area contributed by atoms with Gasteiger partial charge in [0.15, 0.2) is 0 Å². The molecule has 0 radical (unpaired) electrons. The third-order valence-corrected chi connectivity index (χ3v) is 4.70. The average molecular weight is 339 g/mol. The quantitative estimate of drug-likeness (QED) is 0.645. The van der Waals surface area contributed by atoms with Gasteiger partial charge < -0.3 is 9.80 Å². The number of hydrogen-bond donors (Lipinski definition) is 0. The molecule has 3 nitrogen and oxygen atoms in total. The molecule has 1 aliphatic rings. The van der Waals surface area contributed by atoms with Crippen LogP contribution in [0.15, 0.2) is 98.1 Å². The Morgan fingerprint density at radius 2 is 1.54 bits per heavy atom. The Balaban J connectivity index is 1.62. The highest BCUT2D eigenvalue weighted by atomic mass is 15.4. The zero-order valence-corrected chi connectivity index (χ0v) is 14.7. The molecule has 3 heteroatoms. The highest BCUT2D eigenvalue weighted by molar-refractivity contribution is 5.84. The summed E-state index contributed by atoms with van der Waals surface area (Å²) in [6.07, 6.45) is 3.74. The zero-order chi connectivity index (χ0) is 17.9. The Labute approximate surface area is 154 Å². The zero-order valence-electron chi connectivity index (χ0n) is 14.7. The fourth-order valence-electron chi connectivity index (χ4n) is 3.31. The summed E-state index contributed by atoms with van der Waals surface area (Å²) in [6.45, 7) is 10.1. The van der Waals surface area contributed by atoms with Gasteiger partial charge in [-0.1, -0.05) is 73.8 Å². The van der Waals surface area contributed by atoms with E-state index >= 15 is 0 Å². The summed E-state index contributed by atoms with van der Waals surface area (Å²) in [7, 11) is 0. The lowest BCUT2D eigenvalue weighted by molar-refractivity contribution is 0.899. The largest absolute Gasteiger partial charge is 0.322 e. The van der Waals surface area contributed by atoms with Crippen molar-refractivity contribution in [1.82, 2.24) is 4.98 Å². The summed E-state index contributed by atoms with van der Waals surface area (Å²) in [5.41, 5.74) is 5.67. The van der Waals surface area contributed by atoms with Gasteiger partial charge in [-0.15, -0.1) is 0 Å². The van der Waals surface area contributed by atoms with Gasteiger partial charge >= 0.3 is 0 Å². The van der Waals surface area contributed by atoms with E-state index in [0.29, 0.717) is 6.54 Å². The number of aromatic nitrogens is 1. The van der Waals surface area contributed by atoms with E-state index in [1.807, 2.05) is 42.7 Å². The van der Waals surface area contributed by atoms with Crippen molar-refractivity contribution in [3.05, 3.63) is 109 Å². The van der Waals surface area contributed by atoms with Gasteiger partial charge in [-0.05, 0) is 22.8 Å². The van der Waals surface area contributed by atoms with Crippen molar-refractivity contribution in [2.45, 2.75) is 6.54 Å². The second-order valence-corrected chi connectivity index (χ2v) is 6.41. The molecule has 1 aromatic heterocycles. The van der Waals surface area contributed by atoms with Crippen molar-refractivity contribution >= 4 is 16.9 Å². The van der Waals surface area contributed by atoms with Crippen LogP contribution in [0, 0.1) is 0 Å². The highest BCUT2D eigenvalue weighted by Gasteiger charge is 2.30. The maximum absolute atomic E-state index is 4.36. The van der Waals surface area contributed by atoms with E-state index < -0.39 is 0 Å². The SMILES string of the molecule is C=C(CN1C(=C)N(Cc2ccccc2)c2cnccc21)c1ccccc1. The molecule has 2 aromatic carbocycles. The summed E-state index contributed by atoms with van der Waals surface area (Å²) in [6, 6.07) is 22.8. The Hall–Kier alpha value is -3.33. The van der Waals surface area contributed by atoms with E-state index in [9.17, 15) is 0 Å². The molecule has 0 bridgehead atoms.